The maximum absolute atomic E-state index is 13.7. The number of hydrogen-bond donors (Lipinski definition) is 1. The minimum atomic E-state index is -0.239. The van der Waals surface area contributed by atoms with Crippen LogP contribution in [0.4, 0.5) is 10.1 Å². The van der Waals surface area contributed by atoms with Crippen LogP contribution in [-0.4, -0.2) is 13.1 Å². The van der Waals surface area contributed by atoms with Crippen LogP contribution in [0.3, 0.4) is 0 Å². The van der Waals surface area contributed by atoms with Gasteiger partial charge in [-0.2, -0.15) is 5.26 Å². The number of nitrogens with two attached hydrogens (primary N) is 1. The Morgan fingerprint density at radius 1 is 1.42 bits per heavy atom. The molecule has 0 fully saturated rings. The van der Waals surface area contributed by atoms with Crippen LogP contribution >= 0.6 is 0 Å². The van der Waals surface area contributed by atoms with Crippen molar-refractivity contribution in [3.05, 3.63) is 29.1 Å². The smallest absolute Gasteiger partial charge is 0.126 e. The lowest BCUT2D eigenvalue weighted by atomic mass is 10.0. The molecule has 4 heteroatoms. The Hall–Kier alpha value is -1.60. The molecule has 19 heavy (non-hydrogen) atoms. The van der Waals surface area contributed by atoms with E-state index in [2.05, 4.69) is 11.0 Å². The first kappa shape index (κ1) is 15.5. The molecule has 2 N–H and O–H groups in total. The third kappa shape index (κ3) is 3.68. The SMILES string of the molecule is CCN(CC(C)C#N)c1cc(C)c(F)cc1[C@H](C)N. The fourth-order valence-electron chi connectivity index (χ4n) is 2.09. The van der Waals surface area contributed by atoms with E-state index in [0.29, 0.717) is 12.1 Å². The largest absolute Gasteiger partial charge is 0.370 e. The van der Waals surface area contributed by atoms with E-state index in [-0.39, 0.29) is 17.8 Å². The van der Waals surface area contributed by atoms with Gasteiger partial charge in [0, 0.05) is 24.8 Å². The van der Waals surface area contributed by atoms with E-state index in [4.69, 9.17) is 11.0 Å². The second-order valence-electron chi connectivity index (χ2n) is 5.02. The average molecular weight is 263 g/mol. The van der Waals surface area contributed by atoms with Crippen molar-refractivity contribution in [3.8, 4) is 6.07 Å². The molecular weight excluding hydrogens is 241 g/mol. The zero-order chi connectivity index (χ0) is 14.6. The molecule has 0 radical (unpaired) electrons. The van der Waals surface area contributed by atoms with Gasteiger partial charge in [0.2, 0.25) is 0 Å². The Morgan fingerprint density at radius 2 is 2.05 bits per heavy atom. The van der Waals surface area contributed by atoms with Crippen molar-refractivity contribution in [1.29, 1.82) is 5.26 Å². The van der Waals surface area contributed by atoms with Gasteiger partial charge >= 0.3 is 0 Å². The van der Waals surface area contributed by atoms with Gasteiger partial charge in [-0.1, -0.05) is 0 Å². The van der Waals surface area contributed by atoms with Crippen LogP contribution in [0.2, 0.25) is 0 Å². The molecule has 1 aromatic carbocycles. The van der Waals surface area contributed by atoms with Crippen molar-refractivity contribution in [2.24, 2.45) is 11.7 Å². The monoisotopic (exact) mass is 263 g/mol. The van der Waals surface area contributed by atoms with Crippen molar-refractivity contribution in [2.45, 2.75) is 33.7 Å². The summed E-state index contributed by atoms with van der Waals surface area (Å²) in [7, 11) is 0. The topological polar surface area (TPSA) is 53.0 Å². The number of rotatable bonds is 5. The van der Waals surface area contributed by atoms with Crippen molar-refractivity contribution in [2.75, 3.05) is 18.0 Å². The summed E-state index contributed by atoms with van der Waals surface area (Å²) in [5, 5.41) is 8.94. The molecular formula is C15H22FN3. The van der Waals surface area contributed by atoms with Gasteiger partial charge < -0.3 is 10.6 Å². The van der Waals surface area contributed by atoms with Crippen LogP contribution in [0, 0.1) is 30.0 Å². The van der Waals surface area contributed by atoms with Crippen LogP contribution in [0.1, 0.15) is 37.9 Å². The summed E-state index contributed by atoms with van der Waals surface area (Å²) < 4.78 is 13.7. The van der Waals surface area contributed by atoms with Gasteiger partial charge in [0.25, 0.3) is 0 Å². The summed E-state index contributed by atoms with van der Waals surface area (Å²) in [6.07, 6.45) is 0. The maximum Gasteiger partial charge on any atom is 0.126 e. The fourth-order valence-corrected chi connectivity index (χ4v) is 2.09. The zero-order valence-electron chi connectivity index (χ0n) is 12.1. The third-order valence-electron chi connectivity index (χ3n) is 3.24. The highest BCUT2D eigenvalue weighted by atomic mass is 19.1. The number of nitrogens with zero attached hydrogens (tertiary/aromatic N) is 2. The molecule has 1 aromatic rings. The van der Waals surface area contributed by atoms with Gasteiger partial charge in [0.15, 0.2) is 0 Å². The highest BCUT2D eigenvalue weighted by molar-refractivity contribution is 5.57. The molecule has 2 atom stereocenters. The van der Waals surface area contributed by atoms with E-state index >= 15 is 0 Å². The lowest BCUT2D eigenvalue weighted by Gasteiger charge is -2.28. The summed E-state index contributed by atoms with van der Waals surface area (Å²) >= 11 is 0. The van der Waals surface area contributed by atoms with Crippen LogP contribution < -0.4 is 10.6 Å². The van der Waals surface area contributed by atoms with Crippen molar-refractivity contribution in [3.63, 3.8) is 0 Å². The number of anilines is 1. The minimum absolute atomic E-state index is 0.0776. The Kier molecular flexibility index (Phi) is 5.31. The molecule has 104 valence electrons. The van der Waals surface area contributed by atoms with Gasteiger partial charge in [0.05, 0.1) is 12.0 Å². The van der Waals surface area contributed by atoms with Crippen molar-refractivity contribution >= 4 is 5.69 Å². The van der Waals surface area contributed by atoms with Gasteiger partial charge in [-0.15, -0.1) is 0 Å². The molecule has 1 unspecified atom stereocenters. The Bertz CT molecular complexity index is 477. The molecule has 3 nitrogen and oxygen atoms in total. The molecule has 0 amide bonds. The summed E-state index contributed by atoms with van der Waals surface area (Å²) in [6, 6.07) is 5.32. The first-order valence-corrected chi connectivity index (χ1v) is 6.60. The molecule has 0 saturated carbocycles. The minimum Gasteiger partial charge on any atom is -0.370 e. The molecule has 0 spiro atoms. The van der Waals surface area contributed by atoms with Crippen LogP contribution in [0.25, 0.3) is 0 Å². The van der Waals surface area contributed by atoms with E-state index in [0.717, 1.165) is 17.8 Å². The normalized spacial score (nSPS) is 13.7. The molecule has 0 aliphatic heterocycles. The molecule has 0 saturated heterocycles. The van der Waals surface area contributed by atoms with E-state index in [9.17, 15) is 4.39 Å². The van der Waals surface area contributed by atoms with Crippen LogP contribution in [-0.2, 0) is 0 Å². The number of nitriles is 1. The van der Waals surface area contributed by atoms with Gasteiger partial charge in [-0.25, -0.2) is 4.39 Å². The second-order valence-corrected chi connectivity index (χ2v) is 5.02. The molecule has 0 aliphatic carbocycles. The van der Waals surface area contributed by atoms with Gasteiger partial charge in [-0.3, -0.25) is 0 Å². The molecule has 0 bridgehead atoms. The maximum atomic E-state index is 13.7. The van der Waals surface area contributed by atoms with Gasteiger partial charge in [-0.05, 0) is 51.0 Å². The predicted octanol–water partition coefficient (Wildman–Crippen LogP) is 3.14. The van der Waals surface area contributed by atoms with Crippen LogP contribution in [0.15, 0.2) is 12.1 Å². The zero-order valence-corrected chi connectivity index (χ0v) is 12.1. The Balaban J connectivity index is 3.22. The third-order valence-corrected chi connectivity index (χ3v) is 3.24. The lowest BCUT2D eigenvalue weighted by molar-refractivity contribution is 0.610. The summed E-state index contributed by atoms with van der Waals surface area (Å²) in [4.78, 5) is 2.08. The fraction of sp³-hybridized carbons (Fsp3) is 0.533. The highest BCUT2D eigenvalue weighted by Gasteiger charge is 2.17. The second kappa shape index (κ2) is 6.53. The molecule has 0 aliphatic rings. The number of aryl methyl sites for hydroxylation is 1. The predicted molar refractivity (Wildman–Crippen MR) is 76.4 cm³/mol. The van der Waals surface area contributed by atoms with Gasteiger partial charge in [0.1, 0.15) is 5.82 Å². The first-order valence-electron chi connectivity index (χ1n) is 6.60. The standard InChI is InChI=1S/C15H22FN3/c1-5-19(9-10(2)8-17)15-6-11(3)14(16)7-13(15)12(4)18/h6-7,10,12H,5,9,18H2,1-4H3/t10?,12-/m0/s1. The lowest BCUT2D eigenvalue weighted by Crippen LogP contribution is -2.29. The Morgan fingerprint density at radius 3 is 2.53 bits per heavy atom. The molecule has 1 rings (SSSR count). The van der Waals surface area contributed by atoms with E-state index < -0.39 is 0 Å². The van der Waals surface area contributed by atoms with E-state index in [1.165, 1.54) is 6.07 Å². The Labute approximate surface area is 114 Å². The van der Waals surface area contributed by atoms with E-state index in [1.807, 2.05) is 26.8 Å². The van der Waals surface area contributed by atoms with Crippen LogP contribution in [0.5, 0.6) is 0 Å². The number of hydrogen-bond acceptors (Lipinski definition) is 3. The van der Waals surface area contributed by atoms with E-state index in [1.54, 1.807) is 6.92 Å². The highest BCUT2D eigenvalue weighted by Crippen LogP contribution is 2.28. The number of halogens is 1. The number of benzene rings is 1. The summed E-state index contributed by atoms with van der Waals surface area (Å²) in [5.41, 5.74) is 8.25. The first-order chi connectivity index (χ1) is 8.90. The van der Waals surface area contributed by atoms with Crippen molar-refractivity contribution < 1.29 is 4.39 Å². The quantitative estimate of drug-likeness (QED) is 0.888. The molecule has 0 heterocycles. The summed E-state index contributed by atoms with van der Waals surface area (Å²) in [6.45, 7) is 8.87. The summed E-state index contributed by atoms with van der Waals surface area (Å²) in [5.74, 6) is -0.313. The molecule has 0 aromatic heterocycles. The van der Waals surface area contributed by atoms with Crippen molar-refractivity contribution in [1.82, 2.24) is 0 Å². The average Bonchev–Trinajstić information content (AvgIpc) is 2.38.